The molecule has 0 amide bonds. The monoisotopic (exact) mass is 698 g/mol. The Bertz CT molecular complexity index is 3100. The van der Waals surface area contributed by atoms with Gasteiger partial charge in [-0.1, -0.05) is 184 Å². The van der Waals surface area contributed by atoms with Crippen molar-refractivity contribution in [2.75, 3.05) is 0 Å². The van der Waals surface area contributed by atoms with Gasteiger partial charge in [-0.25, -0.2) is 0 Å². The van der Waals surface area contributed by atoms with Crippen LogP contribution in [0.3, 0.4) is 0 Å². The van der Waals surface area contributed by atoms with Gasteiger partial charge in [-0.3, -0.25) is 0 Å². The van der Waals surface area contributed by atoms with E-state index in [1.54, 1.807) is 0 Å². The van der Waals surface area contributed by atoms with Crippen molar-refractivity contribution in [1.29, 1.82) is 0 Å². The number of fused-ring (bicyclic) bond motifs is 7. The molecule has 0 N–H and O–H groups in total. The zero-order chi connectivity index (χ0) is 36.7. The van der Waals surface area contributed by atoms with Crippen LogP contribution in [0.25, 0.3) is 98.7 Å². The van der Waals surface area contributed by atoms with Gasteiger partial charge >= 0.3 is 0 Å². The Morgan fingerprint density at radius 1 is 0.273 bits per heavy atom. The van der Waals surface area contributed by atoms with Crippen molar-refractivity contribution in [1.82, 2.24) is 0 Å². The van der Waals surface area contributed by atoms with E-state index in [4.69, 9.17) is 0 Å². The number of benzene rings is 10. The molecular formula is C55H38. The van der Waals surface area contributed by atoms with E-state index in [1.807, 2.05) is 0 Å². The summed E-state index contributed by atoms with van der Waals surface area (Å²) in [4.78, 5) is 0. The lowest BCUT2D eigenvalue weighted by atomic mass is 9.80. The SMILES string of the molecule is CC1(C)c2ccccc2-c2ccc(-c3c4ccccc4c(-c4cc(-c5ccc(-c6ccc7ccccc7c6)cc5)cc5ccccc45)c4ccccc34)cc21. The third-order valence-electron chi connectivity index (χ3n) is 12.2. The molecule has 1 aliphatic rings. The second kappa shape index (κ2) is 12.1. The van der Waals surface area contributed by atoms with Crippen LogP contribution in [0, 0.1) is 0 Å². The molecule has 1 aliphatic carbocycles. The van der Waals surface area contributed by atoms with Crippen molar-refractivity contribution in [3.63, 3.8) is 0 Å². The molecule has 0 bridgehead atoms. The van der Waals surface area contributed by atoms with Crippen molar-refractivity contribution in [2.45, 2.75) is 19.3 Å². The molecule has 55 heavy (non-hydrogen) atoms. The van der Waals surface area contributed by atoms with E-state index in [2.05, 4.69) is 208 Å². The maximum absolute atomic E-state index is 2.47. The molecule has 10 aromatic carbocycles. The van der Waals surface area contributed by atoms with Gasteiger partial charge < -0.3 is 0 Å². The number of rotatable bonds is 4. The normalized spacial score (nSPS) is 13.1. The van der Waals surface area contributed by atoms with Crippen molar-refractivity contribution >= 4 is 43.1 Å². The van der Waals surface area contributed by atoms with Crippen LogP contribution in [0.1, 0.15) is 25.0 Å². The molecule has 0 heterocycles. The molecule has 0 nitrogen and oxygen atoms in total. The molecule has 0 heteroatoms. The zero-order valence-corrected chi connectivity index (χ0v) is 31.0. The Kier molecular flexibility index (Phi) is 7.00. The minimum Gasteiger partial charge on any atom is -0.0619 e. The van der Waals surface area contributed by atoms with Crippen LogP contribution in [-0.2, 0) is 5.41 Å². The van der Waals surface area contributed by atoms with Crippen molar-refractivity contribution in [3.8, 4) is 55.6 Å². The smallest absolute Gasteiger partial charge is 0.0159 e. The molecule has 0 fully saturated rings. The summed E-state index contributed by atoms with van der Waals surface area (Å²) in [5, 5.41) is 10.1. The highest BCUT2D eigenvalue weighted by molar-refractivity contribution is 6.24. The predicted octanol–water partition coefficient (Wildman–Crippen LogP) is 15.3. The highest BCUT2D eigenvalue weighted by Crippen LogP contribution is 2.52. The van der Waals surface area contributed by atoms with Gasteiger partial charge in [-0.2, -0.15) is 0 Å². The van der Waals surface area contributed by atoms with E-state index in [0.717, 1.165) is 0 Å². The summed E-state index contributed by atoms with van der Waals surface area (Å²) in [7, 11) is 0. The van der Waals surface area contributed by atoms with Crippen molar-refractivity contribution in [3.05, 3.63) is 205 Å². The van der Waals surface area contributed by atoms with E-state index < -0.39 is 0 Å². The molecule has 10 aromatic rings. The Hall–Kier alpha value is -6.76. The Labute approximate surface area is 322 Å². The number of hydrogen-bond acceptors (Lipinski definition) is 0. The van der Waals surface area contributed by atoms with E-state index in [1.165, 1.54) is 110 Å². The summed E-state index contributed by atoms with van der Waals surface area (Å²) in [5.41, 5.74) is 15.4. The van der Waals surface area contributed by atoms with Gasteiger partial charge in [0.1, 0.15) is 0 Å². The summed E-state index contributed by atoms with van der Waals surface area (Å²) in [6, 6.07) is 72.3. The first-order valence-corrected chi connectivity index (χ1v) is 19.3. The third-order valence-corrected chi connectivity index (χ3v) is 12.2. The summed E-state index contributed by atoms with van der Waals surface area (Å²) in [6.07, 6.45) is 0. The van der Waals surface area contributed by atoms with Gasteiger partial charge in [0.25, 0.3) is 0 Å². The van der Waals surface area contributed by atoms with E-state index in [0.29, 0.717) is 0 Å². The minimum absolute atomic E-state index is 0.0689. The lowest BCUT2D eigenvalue weighted by Crippen LogP contribution is -2.14. The average molecular weight is 699 g/mol. The average Bonchev–Trinajstić information content (AvgIpc) is 3.47. The first-order chi connectivity index (χ1) is 27.0. The fourth-order valence-electron chi connectivity index (χ4n) is 9.50. The van der Waals surface area contributed by atoms with Crippen LogP contribution in [0.2, 0.25) is 0 Å². The maximum atomic E-state index is 2.47. The maximum Gasteiger partial charge on any atom is 0.0159 e. The summed E-state index contributed by atoms with van der Waals surface area (Å²) in [5.74, 6) is 0. The Morgan fingerprint density at radius 2 is 0.764 bits per heavy atom. The molecule has 11 rings (SSSR count). The first-order valence-electron chi connectivity index (χ1n) is 19.3. The van der Waals surface area contributed by atoms with Gasteiger partial charge in [0.15, 0.2) is 0 Å². The molecule has 0 saturated carbocycles. The van der Waals surface area contributed by atoms with Crippen molar-refractivity contribution < 1.29 is 0 Å². The Morgan fingerprint density at radius 3 is 1.47 bits per heavy atom. The molecule has 0 aliphatic heterocycles. The van der Waals surface area contributed by atoms with Gasteiger partial charge in [-0.15, -0.1) is 0 Å². The van der Waals surface area contributed by atoms with E-state index in [-0.39, 0.29) is 5.41 Å². The molecule has 0 radical (unpaired) electrons. The van der Waals surface area contributed by atoms with Crippen LogP contribution < -0.4 is 0 Å². The molecule has 0 spiro atoms. The van der Waals surface area contributed by atoms with Crippen molar-refractivity contribution in [2.24, 2.45) is 0 Å². The molecule has 0 unspecified atom stereocenters. The molecule has 0 aromatic heterocycles. The van der Waals surface area contributed by atoms with Crippen LogP contribution in [0.4, 0.5) is 0 Å². The fraction of sp³-hybridized carbons (Fsp3) is 0.0545. The second-order valence-electron chi connectivity index (χ2n) is 15.7. The number of hydrogen-bond donors (Lipinski definition) is 0. The quantitative estimate of drug-likeness (QED) is 0.161. The molecular weight excluding hydrogens is 661 g/mol. The summed E-state index contributed by atoms with van der Waals surface area (Å²) in [6.45, 7) is 4.74. The predicted molar refractivity (Wildman–Crippen MR) is 236 cm³/mol. The zero-order valence-electron chi connectivity index (χ0n) is 31.0. The lowest BCUT2D eigenvalue weighted by Gasteiger charge is -2.23. The van der Waals surface area contributed by atoms with E-state index in [9.17, 15) is 0 Å². The van der Waals surface area contributed by atoms with Gasteiger partial charge in [0, 0.05) is 5.41 Å². The highest BCUT2D eigenvalue weighted by Gasteiger charge is 2.35. The highest BCUT2D eigenvalue weighted by atomic mass is 14.4. The molecule has 0 saturated heterocycles. The minimum atomic E-state index is -0.0689. The standard InChI is InChI=1S/C55H38/c1-55(2)51-22-12-11-17-44(51)45-30-29-41(34-52(45)55)53-46-18-7-9-20-48(46)54(49-21-10-8-19-47(49)53)50-33-42(32-40-15-5-6-16-43(40)50)37-25-23-36(24-26-37)39-28-27-35-13-3-4-14-38(35)31-39/h3-34H,1-2H3. The van der Waals surface area contributed by atoms with Crippen LogP contribution in [-0.4, -0.2) is 0 Å². The molecule has 0 atom stereocenters. The Balaban J connectivity index is 1.11. The van der Waals surface area contributed by atoms with Gasteiger partial charge in [0.05, 0.1) is 0 Å². The topological polar surface area (TPSA) is 0 Å². The van der Waals surface area contributed by atoms with E-state index >= 15 is 0 Å². The summed E-state index contributed by atoms with van der Waals surface area (Å²) >= 11 is 0. The fourth-order valence-corrected chi connectivity index (χ4v) is 9.50. The summed E-state index contributed by atoms with van der Waals surface area (Å²) < 4.78 is 0. The van der Waals surface area contributed by atoms with Gasteiger partial charge in [0.2, 0.25) is 0 Å². The largest absolute Gasteiger partial charge is 0.0619 e. The first kappa shape index (κ1) is 31.7. The third kappa shape index (κ3) is 4.92. The molecule has 258 valence electrons. The second-order valence-corrected chi connectivity index (χ2v) is 15.7. The lowest BCUT2D eigenvalue weighted by molar-refractivity contribution is 0.660. The van der Waals surface area contributed by atoms with Crippen LogP contribution >= 0.6 is 0 Å². The van der Waals surface area contributed by atoms with Crippen LogP contribution in [0.15, 0.2) is 194 Å². The van der Waals surface area contributed by atoms with Crippen LogP contribution in [0.5, 0.6) is 0 Å². The van der Waals surface area contributed by atoms with Gasteiger partial charge in [-0.05, 0) is 134 Å².